The van der Waals surface area contributed by atoms with Gasteiger partial charge in [-0.25, -0.2) is 4.39 Å². The average Bonchev–Trinajstić information content (AvgIpc) is 2.39. The summed E-state index contributed by atoms with van der Waals surface area (Å²) in [5.74, 6) is 0.859. The first kappa shape index (κ1) is 13.4. The number of hydrogen-bond donors (Lipinski definition) is 0. The van der Waals surface area contributed by atoms with E-state index in [4.69, 9.17) is 5.26 Å². The fourth-order valence-electron chi connectivity index (χ4n) is 2.21. The first-order valence-electron chi connectivity index (χ1n) is 6.25. The third-order valence-corrected chi connectivity index (χ3v) is 4.63. The topological polar surface area (TPSA) is 27.0 Å². The zero-order valence-electron chi connectivity index (χ0n) is 10.5. The Morgan fingerprint density at radius 1 is 1.56 bits per heavy atom. The molecule has 4 heteroatoms. The minimum atomic E-state index is -0.262. The minimum Gasteiger partial charge on any atom is -0.297 e. The van der Waals surface area contributed by atoms with Crippen LogP contribution in [-0.2, 0) is 6.54 Å². The summed E-state index contributed by atoms with van der Waals surface area (Å²) >= 11 is 2.01. The Morgan fingerprint density at radius 2 is 2.39 bits per heavy atom. The van der Waals surface area contributed by atoms with E-state index in [1.54, 1.807) is 6.07 Å². The van der Waals surface area contributed by atoms with Gasteiger partial charge in [0.15, 0.2) is 0 Å². The summed E-state index contributed by atoms with van der Waals surface area (Å²) < 4.78 is 13.2. The molecule has 0 saturated carbocycles. The van der Waals surface area contributed by atoms with E-state index in [9.17, 15) is 4.39 Å². The maximum atomic E-state index is 13.2. The molecule has 2 nitrogen and oxygen atoms in total. The van der Waals surface area contributed by atoms with Crippen LogP contribution in [0, 0.1) is 17.1 Å². The molecule has 1 aromatic rings. The third kappa shape index (κ3) is 3.24. The Labute approximate surface area is 112 Å². The highest BCUT2D eigenvalue weighted by atomic mass is 32.2. The quantitative estimate of drug-likeness (QED) is 0.839. The molecule has 0 aromatic heterocycles. The van der Waals surface area contributed by atoms with Crippen molar-refractivity contribution in [1.82, 2.24) is 4.90 Å². The molecule has 0 bridgehead atoms. The average molecular weight is 264 g/mol. The standard InChI is InChI=1S/C14H17FN2S/c1-2-14-10-17(5-6-18-14)9-12-7-13(15)4-3-11(12)8-16/h3-4,7,14H,2,5-6,9-10H2,1H3. The minimum absolute atomic E-state index is 0.262. The molecule has 0 N–H and O–H groups in total. The van der Waals surface area contributed by atoms with E-state index in [2.05, 4.69) is 17.9 Å². The Balaban J connectivity index is 2.09. The molecule has 0 radical (unpaired) electrons. The smallest absolute Gasteiger partial charge is 0.123 e. The number of benzene rings is 1. The number of hydrogen-bond acceptors (Lipinski definition) is 3. The fourth-order valence-corrected chi connectivity index (χ4v) is 3.46. The van der Waals surface area contributed by atoms with Gasteiger partial charge in [-0.05, 0) is 30.2 Å². The van der Waals surface area contributed by atoms with E-state index in [1.807, 2.05) is 11.8 Å². The van der Waals surface area contributed by atoms with Crippen molar-refractivity contribution in [2.75, 3.05) is 18.8 Å². The van der Waals surface area contributed by atoms with Crippen molar-refractivity contribution in [2.24, 2.45) is 0 Å². The zero-order chi connectivity index (χ0) is 13.0. The van der Waals surface area contributed by atoms with Crippen molar-refractivity contribution in [3.8, 4) is 6.07 Å². The summed E-state index contributed by atoms with van der Waals surface area (Å²) in [5.41, 5.74) is 1.39. The fraction of sp³-hybridized carbons (Fsp3) is 0.500. The molecule has 96 valence electrons. The van der Waals surface area contributed by atoms with Gasteiger partial charge in [0.2, 0.25) is 0 Å². The normalized spacial score (nSPS) is 20.6. The second-order valence-electron chi connectivity index (χ2n) is 4.55. The van der Waals surface area contributed by atoms with Crippen LogP contribution in [0.25, 0.3) is 0 Å². The maximum absolute atomic E-state index is 13.2. The van der Waals surface area contributed by atoms with Crippen molar-refractivity contribution in [3.05, 3.63) is 35.1 Å². The lowest BCUT2D eigenvalue weighted by molar-refractivity contribution is 0.272. The van der Waals surface area contributed by atoms with Crippen molar-refractivity contribution >= 4 is 11.8 Å². The lowest BCUT2D eigenvalue weighted by atomic mass is 10.1. The van der Waals surface area contributed by atoms with Gasteiger partial charge in [0, 0.05) is 30.6 Å². The Morgan fingerprint density at radius 3 is 3.11 bits per heavy atom. The third-order valence-electron chi connectivity index (χ3n) is 3.26. The number of thioether (sulfide) groups is 1. The van der Waals surface area contributed by atoms with Crippen LogP contribution in [0.15, 0.2) is 18.2 Å². The molecule has 1 aliphatic heterocycles. The molecule has 0 amide bonds. The lowest BCUT2D eigenvalue weighted by Crippen LogP contribution is -2.37. The largest absolute Gasteiger partial charge is 0.297 e. The van der Waals surface area contributed by atoms with Gasteiger partial charge in [0.05, 0.1) is 11.6 Å². The molecule has 18 heavy (non-hydrogen) atoms. The van der Waals surface area contributed by atoms with E-state index in [0.29, 0.717) is 17.4 Å². The summed E-state index contributed by atoms with van der Waals surface area (Å²) in [7, 11) is 0. The van der Waals surface area contributed by atoms with Crippen molar-refractivity contribution in [1.29, 1.82) is 5.26 Å². The van der Waals surface area contributed by atoms with Crippen molar-refractivity contribution in [3.63, 3.8) is 0 Å². The molecule has 1 aliphatic rings. The molecule has 0 spiro atoms. The molecule has 1 atom stereocenters. The SMILES string of the molecule is CCC1CN(Cc2cc(F)ccc2C#N)CCS1. The summed E-state index contributed by atoms with van der Waals surface area (Å²) in [6, 6.07) is 6.55. The van der Waals surface area contributed by atoms with E-state index in [0.717, 1.165) is 30.8 Å². The molecule has 2 rings (SSSR count). The van der Waals surface area contributed by atoms with E-state index in [-0.39, 0.29) is 5.82 Å². The van der Waals surface area contributed by atoms with Crippen LogP contribution in [0.1, 0.15) is 24.5 Å². The van der Waals surface area contributed by atoms with Gasteiger partial charge in [0.25, 0.3) is 0 Å². The molecular weight excluding hydrogens is 247 g/mol. The highest BCUT2D eigenvalue weighted by molar-refractivity contribution is 8.00. The second-order valence-corrected chi connectivity index (χ2v) is 5.96. The number of rotatable bonds is 3. The first-order valence-corrected chi connectivity index (χ1v) is 7.30. The van der Waals surface area contributed by atoms with Crippen LogP contribution < -0.4 is 0 Å². The Bertz CT molecular complexity index is 456. The predicted octanol–water partition coefficient (Wildman–Crippen LogP) is 3.02. The van der Waals surface area contributed by atoms with Crippen LogP contribution in [0.3, 0.4) is 0 Å². The molecule has 0 aliphatic carbocycles. The first-order chi connectivity index (χ1) is 8.72. The highest BCUT2D eigenvalue weighted by Crippen LogP contribution is 2.23. The summed E-state index contributed by atoms with van der Waals surface area (Å²) in [5, 5.41) is 9.71. The van der Waals surface area contributed by atoms with E-state index < -0.39 is 0 Å². The van der Waals surface area contributed by atoms with Gasteiger partial charge in [-0.1, -0.05) is 6.92 Å². The number of nitrogens with zero attached hydrogens (tertiary/aromatic N) is 2. The van der Waals surface area contributed by atoms with Gasteiger partial charge in [-0.15, -0.1) is 0 Å². The summed E-state index contributed by atoms with van der Waals surface area (Å²) in [6.07, 6.45) is 1.16. The summed E-state index contributed by atoms with van der Waals surface area (Å²) in [4.78, 5) is 2.32. The Hall–Kier alpha value is -1.05. The number of nitriles is 1. The van der Waals surface area contributed by atoms with Crippen LogP contribution in [0.2, 0.25) is 0 Å². The predicted molar refractivity (Wildman–Crippen MR) is 72.9 cm³/mol. The van der Waals surface area contributed by atoms with Gasteiger partial charge >= 0.3 is 0 Å². The van der Waals surface area contributed by atoms with Crippen molar-refractivity contribution in [2.45, 2.75) is 25.1 Å². The second kappa shape index (κ2) is 6.21. The van der Waals surface area contributed by atoms with Crippen molar-refractivity contribution < 1.29 is 4.39 Å². The van der Waals surface area contributed by atoms with E-state index in [1.165, 1.54) is 12.1 Å². The van der Waals surface area contributed by atoms with Gasteiger partial charge < -0.3 is 0 Å². The Kier molecular flexibility index (Phi) is 4.62. The van der Waals surface area contributed by atoms with Crippen LogP contribution in [-0.4, -0.2) is 29.0 Å². The molecule has 1 aromatic carbocycles. The lowest BCUT2D eigenvalue weighted by Gasteiger charge is -2.32. The molecule has 1 saturated heterocycles. The number of halogens is 1. The van der Waals surface area contributed by atoms with E-state index >= 15 is 0 Å². The van der Waals surface area contributed by atoms with Gasteiger partial charge in [0.1, 0.15) is 5.82 Å². The zero-order valence-corrected chi connectivity index (χ0v) is 11.3. The monoisotopic (exact) mass is 264 g/mol. The van der Waals surface area contributed by atoms with Gasteiger partial charge in [-0.2, -0.15) is 17.0 Å². The van der Waals surface area contributed by atoms with Crippen LogP contribution in [0.5, 0.6) is 0 Å². The van der Waals surface area contributed by atoms with Crippen LogP contribution >= 0.6 is 11.8 Å². The maximum Gasteiger partial charge on any atom is 0.123 e. The highest BCUT2D eigenvalue weighted by Gasteiger charge is 2.19. The van der Waals surface area contributed by atoms with Crippen LogP contribution in [0.4, 0.5) is 4.39 Å². The molecule has 1 fully saturated rings. The summed E-state index contributed by atoms with van der Waals surface area (Å²) in [6.45, 7) is 4.92. The molecular formula is C14H17FN2S. The molecule has 1 unspecified atom stereocenters. The molecule has 1 heterocycles. The van der Waals surface area contributed by atoms with Gasteiger partial charge in [-0.3, -0.25) is 4.90 Å².